The Kier molecular flexibility index (Phi) is 16.6. The smallest absolute Gasteiger partial charge is 0.485 e. The van der Waals surface area contributed by atoms with Crippen molar-refractivity contribution in [2.45, 2.75) is 11.0 Å². The second kappa shape index (κ2) is 18.5. The van der Waals surface area contributed by atoms with Gasteiger partial charge in [0.25, 0.3) is 0 Å². The largest absolute Gasteiger partial charge is 0.741 e. The highest BCUT2D eigenvalue weighted by Gasteiger charge is 2.37. The maximum absolute atomic E-state index is 10.7. The summed E-state index contributed by atoms with van der Waals surface area (Å²) in [6.45, 7) is 0. The lowest BCUT2D eigenvalue weighted by Gasteiger charge is -2.08. The van der Waals surface area contributed by atoms with E-state index in [4.69, 9.17) is 30.7 Å². The third-order valence-electron chi connectivity index (χ3n) is 4.25. The summed E-state index contributed by atoms with van der Waals surface area (Å²) >= 11 is -0.0163. The Morgan fingerprint density at radius 3 is 0.932 bits per heavy atom. The molecule has 0 saturated carbocycles. The van der Waals surface area contributed by atoms with Crippen LogP contribution in [-0.2, 0) is 20.2 Å². The molecule has 44 heavy (non-hydrogen) atoms. The van der Waals surface area contributed by atoms with Crippen LogP contribution in [0.4, 0.5) is 26.3 Å². The molecule has 0 N–H and O–H groups in total. The molecule has 4 rings (SSSR count). The van der Waals surface area contributed by atoms with Crippen molar-refractivity contribution in [3.8, 4) is 5.75 Å². The Bertz CT molecular complexity index is 1510. The molecule has 0 aliphatic rings. The summed E-state index contributed by atoms with van der Waals surface area (Å²) < 4.78 is 129. The number of hydrogen-bond donors (Lipinski definition) is 0. The van der Waals surface area contributed by atoms with Gasteiger partial charge >= 0.3 is 53.4 Å². The van der Waals surface area contributed by atoms with E-state index >= 15 is 0 Å². The summed E-state index contributed by atoms with van der Waals surface area (Å²) in [7, 11) is -10.5. The minimum atomic E-state index is -6.09. The minimum absolute atomic E-state index is 0.0287. The van der Waals surface area contributed by atoms with E-state index in [-0.39, 0.29) is 42.4 Å². The molecule has 0 saturated heterocycles. The van der Waals surface area contributed by atoms with Crippen molar-refractivity contribution in [1.82, 2.24) is 0 Å². The highest BCUT2D eigenvalue weighted by molar-refractivity contribution is 7.86. The van der Waals surface area contributed by atoms with Gasteiger partial charge in [-0.3, -0.25) is 0 Å². The first kappa shape index (κ1) is 39.6. The molecule has 0 radical (unpaired) electrons. The maximum Gasteiger partial charge on any atom is 0.485 e. The zero-order chi connectivity index (χ0) is 33.4. The molecule has 0 amide bonds. The SMILES string of the molecule is COc1ccc([I+]c2ccccc2)cc1.O=S(=O)([O-])C(F)(F)F.O=S(=O)([O-])C(F)(F)F.c1ccc([I+]c2ccccc2)cc1. The number of halogens is 8. The van der Waals surface area contributed by atoms with Gasteiger partial charge in [0.2, 0.25) is 0 Å². The van der Waals surface area contributed by atoms with Crippen molar-refractivity contribution >= 4 is 20.2 Å². The number of alkyl halides is 6. The molecule has 17 heteroatoms. The fourth-order valence-electron chi connectivity index (χ4n) is 2.32. The number of rotatable bonds is 5. The molecule has 4 aromatic carbocycles. The second-order valence-electron chi connectivity index (χ2n) is 7.53. The van der Waals surface area contributed by atoms with Gasteiger partial charge in [-0.05, 0) is 60.7 Å². The molecule has 7 nitrogen and oxygen atoms in total. The van der Waals surface area contributed by atoms with Crippen molar-refractivity contribution < 1.29 is 99.4 Å². The Labute approximate surface area is 271 Å². The number of benzene rings is 4. The van der Waals surface area contributed by atoms with E-state index in [0.717, 1.165) is 5.75 Å². The Balaban J connectivity index is 0.000000306. The van der Waals surface area contributed by atoms with Crippen LogP contribution in [0.2, 0.25) is 0 Å². The molecular formula is C27H22F6I2O7S2. The highest BCUT2D eigenvalue weighted by Crippen LogP contribution is 2.21. The van der Waals surface area contributed by atoms with E-state index in [2.05, 4.69) is 103 Å². The van der Waals surface area contributed by atoms with Crippen LogP contribution in [0.25, 0.3) is 0 Å². The minimum Gasteiger partial charge on any atom is -0.741 e. The zero-order valence-corrected chi connectivity index (χ0v) is 28.1. The quantitative estimate of drug-likeness (QED) is 0.117. The summed E-state index contributed by atoms with van der Waals surface area (Å²) in [5.74, 6) is 0.927. The average molecular weight is 890 g/mol. The van der Waals surface area contributed by atoms with Crippen LogP contribution in [0.5, 0.6) is 5.75 Å². The summed E-state index contributed by atoms with van der Waals surface area (Å²) in [5, 5.41) is 0. The second-order valence-corrected chi connectivity index (χ2v) is 16.3. The van der Waals surface area contributed by atoms with Crippen LogP contribution in [0.15, 0.2) is 115 Å². The highest BCUT2D eigenvalue weighted by atomic mass is 127. The summed E-state index contributed by atoms with van der Waals surface area (Å²) in [6.07, 6.45) is 0. The van der Waals surface area contributed by atoms with Gasteiger partial charge in [0.05, 0.1) is 7.11 Å². The van der Waals surface area contributed by atoms with E-state index in [0.29, 0.717) is 0 Å². The van der Waals surface area contributed by atoms with Crippen LogP contribution >= 0.6 is 0 Å². The molecule has 0 unspecified atom stereocenters. The van der Waals surface area contributed by atoms with Gasteiger partial charge in [0.15, 0.2) is 34.5 Å². The molecule has 4 aromatic rings. The van der Waals surface area contributed by atoms with Crippen molar-refractivity contribution in [3.05, 3.63) is 130 Å². The van der Waals surface area contributed by atoms with E-state index in [9.17, 15) is 26.3 Å². The van der Waals surface area contributed by atoms with Gasteiger partial charge in [-0.25, -0.2) is 16.8 Å². The van der Waals surface area contributed by atoms with E-state index in [1.165, 1.54) is 14.3 Å². The lowest BCUT2D eigenvalue weighted by atomic mass is 10.3. The number of hydrogen-bond acceptors (Lipinski definition) is 7. The van der Waals surface area contributed by atoms with Gasteiger partial charge in [-0.15, -0.1) is 0 Å². The van der Waals surface area contributed by atoms with Gasteiger partial charge in [-0.1, -0.05) is 54.6 Å². The average Bonchev–Trinajstić information content (AvgIpc) is 2.94. The first-order valence-electron chi connectivity index (χ1n) is 11.5. The molecule has 0 aromatic heterocycles. The van der Waals surface area contributed by atoms with Gasteiger partial charge < -0.3 is 13.8 Å². The first-order valence-corrected chi connectivity index (χ1v) is 18.6. The molecule has 0 fully saturated rings. The van der Waals surface area contributed by atoms with Crippen molar-refractivity contribution in [3.63, 3.8) is 0 Å². The van der Waals surface area contributed by atoms with Crippen LogP contribution in [0, 0.1) is 14.3 Å². The van der Waals surface area contributed by atoms with Gasteiger partial charge in [-0.2, -0.15) is 26.3 Å². The molecule has 0 heterocycles. The Hall–Kier alpha value is -2.46. The van der Waals surface area contributed by atoms with Gasteiger partial charge in [0.1, 0.15) is 5.75 Å². The van der Waals surface area contributed by atoms with Crippen molar-refractivity contribution in [1.29, 1.82) is 0 Å². The zero-order valence-electron chi connectivity index (χ0n) is 22.2. The fourth-order valence-corrected chi connectivity index (χ4v) is 6.80. The topological polar surface area (TPSA) is 124 Å². The molecule has 0 bridgehead atoms. The van der Waals surface area contributed by atoms with E-state index < -0.39 is 31.3 Å². The molecule has 0 spiro atoms. The summed E-state index contributed by atoms with van der Waals surface area (Å²) in [5.41, 5.74) is -11.3. The molecule has 0 aliphatic heterocycles. The number of ether oxygens (including phenoxy) is 1. The van der Waals surface area contributed by atoms with Crippen LogP contribution in [0.3, 0.4) is 0 Å². The molecular weight excluding hydrogens is 868 g/mol. The predicted octanol–water partition coefficient (Wildman–Crippen LogP) is -0.259. The third kappa shape index (κ3) is 16.6. The summed E-state index contributed by atoms with van der Waals surface area (Å²) in [4.78, 5) is 0. The van der Waals surface area contributed by atoms with E-state index in [1.54, 1.807) is 7.11 Å². The Morgan fingerprint density at radius 1 is 0.500 bits per heavy atom. The third-order valence-corrected chi connectivity index (χ3v) is 10.8. The van der Waals surface area contributed by atoms with Crippen LogP contribution in [-0.4, -0.2) is 44.1 Å². The van der Waals surface area contributed by atoms with Gasteiger partial charge in [0, 0.05) is 0 Å². The van der Waals surface area contributed by atoms with Crippen molar-refractivity contribution in [2.75, 3.05) is 7.11 Å². The lowest BCUT2D eigenvalue weighted by molar-refractivity contribution is -0.597. The molecule has 240 valence electrons. The maximum atomic E-state index is 10.7. The summed E-state index contributed by atoms with van der Waals surface area (Å²) in [6, 6.07) is 40.4. The normalized spacial score (nSPS) is 11.4. The Morgan fingerprint density at radius 2 is 0.727 bits per heavy atom. The molecule has 0 atom stereocenters. The predicted molar refractivity (Wildman–Crippen MR) is 139 cm³/mol. The number of methoxy groups -OCH3 is 1. The standard InChI is InChI=1S/C13H12IO.C12H10I.2CHF3O3S/c1-15-13-9-7-12(8-10-13)14-11-5-3-2-4-6-11;1-3-7-11(8-4-1)13-12-9-5-2-6-10-12;2*2-1(3,4)8(5,6)7/h2-10H,1H3;1-10H;2*(H,5,6,7)/q2*+1;;/p-2. The van der Waals surface area contributed by atoms with Crippen LogP contribution < -0.4 is 47.1 Å². The van der Waals surface area contributed by atoms with Crippen molar-refractivity contribution in [2.24, 2.45) is 0 Å². The van der Waals surface area contributed by atoms with E-state index in [1.807, 2.05) is 12.1 Å². The monoisotopic (exact) mass is 890 g/mol. The van der Waals surface area contributed by atoms with Crippen LogP contribution in [0.1, 0.15) is 0 Å². The first-order chi connectivity index (χ1) is 20.3. The fraction of sp³-hybridized carbons (Fsp3) is 0.111. The molecule has 0 aliphatic carbocycles. The lowest BCUT2D eigenvalue weighted by Crippen LogP contribution is -3.61.